The van der Waals surface area contributed by atoms with Gasteiger partial charge in [0.2, 0.25) is 0 Å². The van der Waals surface area contributed by atoms with Crippen LogP contribution < -0.4 is 11.1 Å². The number of anilines is 1. The van der Waals surface area contributed by atoms with Crippen LogP contribution in [-0.4, -0.2) is 54.2 Å². The molecule has 270 valence electrons. The molecule has 10 heteroatoms. The van der Waals surface area contributed by atoms with E-state index in [1.54, 1.807) is 43.0 Å². The molecule has 0 spiro atoms. The molecule has 2 aliphatic carbocycles. The van der Waals surface area contributed by atoms with Crippen LogP contribution in [0.5, 0.6) is 0 Å². The Bertz CT molecular complexity index is 1680. The van der Waals surface area contributed by atoms with E-state index in [1.165, 1.54) is 38.2 Å². The summed E-state index contributed by atoms with van der Waals surface area (Å²) in [7, 11) is 0. The van der Waals surface area contributed by atoms with Gasteiger partial charge < -0.3 is 21.3 Å². The first-order valence-corrected chi connectivity index (χ1v) is 17.8. The molecule has 3 aromatic rings. The quantitative estimate of drug-likeness (QED) is 0.107. The van der Waals surface area contributed by atoms with E-state index in [-0.39, 0.29) is 0 Å². The lowest BCUT2D eigenvalue weighted by molar-refractivity contribution is -0.132. The van der Waals surface area contributed by atoms with Gasteiger partial charge in [-0.05, 0) is 86.3 Å². The maximum atomic E-state index is 10.6. The van der Waals surface area contributed by atoms with Gasteiger partial charge in [-0.15, -0.1) is 0 Å². The van der Waals surface area contributed by atoms with Gasteiger partial charge in [0.1, 0.15) is 5.82 Å². The molecule has 51 heavy (non-hydrogen) atoms. The summed E-state index contributed by atoms with van der Waals surface area (Å²) in [5.41, 5.74) is 11.5. The number of carbonyl (C=O) groups is 2. The summed E-state index contributed by atoms with van der Waals surface area (Å²) in [5.74, 6) is -0.567. The van der Waals surface area contributed by atoms with Crippen LogP contribution in [0.4, 0.5) is 5.82 Å². The summed E-state index contributed by atoms with van der Waals surface area (Å²) in [4.78, 5) is 39.2. The Morgan fingerprint density at radius 2 is 1.61 bits per heavy atom. The van der Waals surface area contributed by atoms with Crippen molar-refractivity contribution in [2.75, 3.05) is 5.32 Å². The van der Waals surface area contributed by atoms with Crippen LogP contribution in [0.1, 0.15) is 88.6 Å². The van der Waals surface area contributed by atoms with Crippen molar-refractivity contribution in [3.63, 3.8) is 0 Å². The Hall–Kier alpha value is -5.22. The Morgan fingerprint density at radius 3 is 2.29 bits per heavy atom. The third kappa shape index (κ3) is 14.7. The molecule has 10 nitrogen and oxygen atoms in total. The fourth-order valence-electron chi connectivity index (χ4n) is 6.00. The maximum absolute atomic E-state index is 10.6. The minimum Gasteiger partial charge on any atom is -0.478 e. The number of hydrogen-bond donors (Lipinski definition) is 4. The molecule has 0 saturated heterocycles. The highest BCUT2D eigenvalue weighted by Gasteiger charge is 2.19. The van der Waals surface area contributed by atoms with E-state index in [9.17, 15) is 9.59 Å². The minimum atomic E-state index is -1.01. The van der Waals surface area contributed by atoms with Crippen molar-refractivity contribution in [2.24, 2.45) is 11.7 Å². The lowest BCUT2D eigenvalue weighted by Crippen LogP contribution is -2.27. The number of hydrogen-bond acceptors (Lipinski definition) is 8. The number of aliphatic carboxylic acids is 2. The first-order valence-electron chi connectivity index (χ1n) is 17.8. The number of nitrogens with zero attached hydrogens (tertiary/aromatic N) is 4. The molecule has 0 unspecified atom stereocenters. The number of nitrogens with one attached hydrogen (secondary N) is 1. The van der Waals surface area contributed by atoms with Crippen molar-refractivity contribution in [2.45, 2.75) is 90.1 Å². The van der Waals surface area contributed by atoms with Crippen LogP contribution >= 0.6 is 0 Å². The first kappa shape index (κ1) is 40.2. The maximum Gasteiger partial charge on any atom is 0.328 e. The van der Waals surface area contributed by atoms with Crippen LogP contribution in [-0.2, 0) is 16.0 Å². The van der Waals surface area contributed by atoms with E-state index in [4.69, 9.17) is 20.9 Å². The van der Waals surface area contributed by atoms with Gasteiger partial charge in [0.25, 0.3) is 0 Å². The average Bonchev–Trinajstić information content (AvgIpc) is 3.15. The van der Waals surface area contributed by atoms with Crippen LogP contribution in [0.2, 0.25) is 0 Å². The van der Waals surface area contributed by atoms with E-state index in [0.717, 1.165) is 78.2 Å². The van der Waals surface area contributed by atoms with E-state index in [0.29, 0.717) is 29.3 Å². The van der Waals surface area contributed by atoms with Gasteiger partial charge in [0, 0.05) is 41.6 Å². The van der Waals surface area contributed by atoms with Gasteiger partial charge >= 0.3 is 11.9 Å². The van der Waals surface area contributed by atoms with Gasteiger partial charge in [0.15, 0.2) is 0 Å². The number of carboxylic acids is 2. The number of rotatable bonds is 12. The topological polar surface area (TPSA) is 164 Å². The fraction of sp³-hybridized carbons (Fsp3) is 0.366. The number of nitrogens with two attached hydrogens (primary N) is 1. The zero-order chi connectivity index (χ0) is 37.0. The van der Waals surface area contributed by atoms with Gasteiger partial charge in [0.05, 0.1) is 35.7 Å². The lowest BCUT2D eigenvalue weighted by atomic mass is 9.84. The molecule has 2 fully saturated rings. The predicted molar refractivity (Wildman–Crippen MR) is 206 cm³/mol. The normalized spacial score (nSPS) is 17.8. The van der Waals surface area contributed by atoms with Crippen molar-refractivity contribution in [3.8, 4) is 11.3 Å². The monoisotopic (exact) mass is 692 g/mol. The third-order valence-electron chi connectivity index (χ3n) is 8.56. The average molecular weight is 693 g/mol. The van der Waals surface area contributed by atoms with Crippen LogP contribution in [0.15, 0.2) is 98.2 Å². The van der Waals surface area contributed by atoms with Crippen LogP contribution in [0, 0.1) is 5.92 Å². The van der Waals surface area contributed by atoms with Crippen molar-refractivity contribution in [1.82, 2.24) is 19.9 Å². The minimum absolute atomic E-state index is 0.342. The summed E-state index contributed by atoms with van der Waals surface area (Å²) in [6.45, 7) is 11.6. The SMILES string of the molecule is C=C/C(=C\C(=C)/C=C/C(=O)O)c1cncc(CC2CCC(N)CC2)n1.CC.O=C(O)/C=C/c1cccc(-c2cncc(NC3CCCCC3)n2)c1. The van der Waals surface area contributed by atoms with Crippen molar-refractivity contribution >= 4 is 29.4 Å². The third-order valence-corrected chi connectivity index (χ3v) is 8.56. The molecular weight excluding hydrogens is 640 g/mol. The second-order valence-electron chi connectivity index (χ2n) is 12.5. The molecule has 0 radical (unpaired) electrons. The molecular formula is C41H52N6O4. The number of aromatic nitrogens is 4. The smallest absolute Gasteiger partial charge is 0.328 e. The molecule has 0 amide bonds. The Kier molecular flexibility index (Phi) is 17.2. The Morgan fingerprint density at radius 1 is 0.902 bits per heavy atom. The van der Waals surface area contributed by atoms with E-state index in [1.807, 2.05) is 38.1 Å². The summed E-state index contributed by atoms with van der Waals surface area (Å²) in [6, 6.07) is 8.43. The van der Waals surface area contributed by atoms with Crippen molar-refractivity contribution in [3.05, 3.63) is 115 Å². The molecule has 5 rings (SSSR count). The summed E-state index contributed by atoms with van der Waals surface area (Å²) in [5, 5.41) is 20.9. The Balaban J connectivity index is 0.000000263. The second kappa shape index (κ2) is 21.8. The fourth-order valence-corrected chi connectivity index (χ4v) is 6.00. The van der Waals surface area contributed by atoms with Crippen LogP contribution in [0.25, 0.3) is 22.9 Å². The summed E-state index contributed by atoms with van der Waals surface area (Å²) < 4.78 is 0. The number of benzene rings is 1. The lowest BCUT2D eigenvalue weighted by Gasteiger charge is -2.25. The summed E-state index contributed by atoms with van der Waals surface area (Å²) in [6.07, 6.45) is 27.1. The van der Waals surface area contributed by atoms with E-state index >= 15 is 0 Å². The number of carboxylic acid groups (broad SMARTS) is 2. The second-order valence-corrected chi connectivity index (χ2v) is 12.5. The molecule has 5 N–H and O–H groups in total. The number of allylic oxidation sites excluding steroid dienone is 5. The highest BCUT2D eigenvalue weighted by Crippen LogP contribution is 2.27. The molecule has 2 heterocycles. The Labute approximate surface area is 302 Å². The molecule has 0 aliphatic heterocycles. The summed E-state index contributed by atoms with van der Waals surface area (Å²) >= 11 is 0. The molecule has 0 atom stereocenters. The van der Waals surface area contributed by atoms with E-state index in [2.05, 4.69) is 33.4 Å². The largest absolute Gasteiger partial charge is 0.478 e. The molecule has 1 aromatic carbocycles. The zero-order valence-electron chi connectivity index (χ0n) is 29.9. The van der Waals surface area contributed by atoms with Gasteiger partial charge in [-0.1, -0.05) is 70.5 Å². The van der Waals surface area contributed by atoms with Gasteiger partial charge in [-0.25, -0.2) is 19.6 Å². The molecule has 0 bridgehead atoms. The highest BCUT2D eigenvalue weighted by molar-refractivity contribution is 5.85. The standard InChI is InChI=1S/C20H25N3O2.C19H21N3O2.C2H6/c1-3-16(10-14(2)4-9-20(24)25)19-13-22-12-18(23-19)11-15-5-7-17(21)8-6-15;23-19(24)10-9-14-5-4-6-15(11-14)17-12-20-13-18(22-17)21-16-7-2-1-3-8-16;1-2/h3-4,9-10,12-13,15,17H,1-2,5-8,11,21H2,(H,24,25);4-6,9-13,16H,1-3,7-8H2,(H,21,22)(H,23,24);1-2H3/b9-4+,16-10+;10-9+;. The molecule has 2 aromatic heterocycles. The van der Waals surface area contributed by atoms with Gasteiger partial charge in [-0.3, -0.25) is 9.97 Å². The predicted octanol–water partition coefficient (Wildman–Crippen LogP) is 8.32. The highest BCUT2D eigenvalue weighted by atomic mass is 16.4. The van der Waals surface area contributed by atoms with Crippen LogP contribution in [0.3, 0.4) is 0 Å². The first-order chi connectivity index (χ1) is 24.7. The van der Waals surface area contributed by atoms with Crippen molar-refractivity contribution < 1.29 is 19.8 Å². The van der Waals surface area contributed by atoms with E-state index < -0.39 is 11.9 Å². The molecule has 2 aliphatic rings. The van der Waals surface area contributed by atoms with Gasteiger partial charge in [-0.2, -0.15) is 0 Å². The van der Waals surface area contributed by atoms with Crippen molar-refractivity contribution in [1.29, 1.82) is 0 Å². The zero-order valence-corrected chi connectivity index (χ0v) is 29.9. The molecule has 2 saturated carbocycles.